The molecule has 6 nitrogen and oxygen atoms in total. The van der Waals surface area contributed by atoms with Crippen molar-refractivity contribution in [3.05, 3.63) is 64.9 Å². The van der Waals surface area contributed by atoms with E-state index in [9.17, 15) is 0 Å². The highest BCUT2D eigenvalue weighted by atomic mass is 16.5. The van der Waals surface area contributed by atoms with Crippen LogP contribution < -0.4 is 4.74 Å². The smallest absolute Gasteiger partial charge is 0.256 e. The van der Waals surface area contributed by atoms with Crippen molar-refractivity contribution in [1.82, 2.24) is 4.90 Å². The number of rotatable bonds is 7. The number of likely N-dealkylation sites (tertiary alicyclic amines) is 1. The maximum Gasteiger partial charge on any atom is 0.256 e. The number of furan rings is 1. The molecule has 5 rings (SSSR count). The summed E-state index contributed by atoms with van der Waals surface area (Å²) in [6.45, 7) is 5.47. The third-order valence-electron chi connectivity index (χ3n) is 7.31. The molecule has 0 unspecified atom stereocenters. The molecule has 0 radical (unpaired) electrons. The Hall–Kier alpha value is -3.12. The lowest BCUT2D eigenvalue weighted by atomic mass is 9.84. The molecule has 1 aromatic heterocycles. The predicted molar refractivity (Wildman–Crippen MR) is 139 cm³/mol. The standard InChI is InChI=1S/C29H35N3O3/c1-20(30)34-29(31)28-19-25-26(8-4-9-27(25)35-28)33-17-5-14-32-15-12-22(13-16-32)24-11-10-21-6-2-3-7-23(21)18-24/h4,8-11,18-19,22,30-31H,2-3,5-7,12-17H2,1H3. The van der Waals surface area contributed by atoms with Crippen molar-refractivity contribution in [3.63, 3.8) is 0 Å². The maximum atomic E-state index is 7.95. The normalized spacial score (nSPS) is 16.7. The topological polar surface area (TPSA) is 82.5 Å². The Balaban J connectivity index is 1.09. The van der Waals surface area contributed by atoms with E-state index in [0.717, 1.165) is 37.2 Å². The Labute approximate surface area is 207 Å². The molecule has 3 aromatic rings. The molecule has 1 saturated heterocycles. The van der Waals surface area contributed by atoms with Crippen LogP contribution in [0.2, 0.25) is 0 Å². The van der Waals surface area contributed by atoms with Crippen molar-refractivity contribution >= 4 is 22.8 Å². The van der Waals surface area contributed by atoms with E-state index >= 15 is 0 Å². The van der Waals surface area contributed by atoms with Gasteiger partial charge >= 0.3 is 0 Å². The van der Waals surface area contributed by atoms with Crippen LogP contribution in [-0.4, -0.2) is 42.9 Å². The molecule has 35 heavy (non-hydrogen) atoms. The summed E-state index contributed by atoms with van der Waals surface area (Å²) >= 11 is 0. The highest BCUT2D eigenvalue weighted by Gasteiger charge is 2.22. The molecule has 0 saturated carbocycles. The minimum absolute atomic E-state index is 0.0429. The first-order chi connectivity index (χ1) is 17.1. The molecule has 2 aliphatic rings. The van der Waals surface area contributed by atoms with Crippen molar-refractivity contribution in [2.75, 3.05) is 26.2 Å². The summed E-state index contributed by atoms with van der Waals surface area (Å²) in [6.07, 6.45) is 8.65. The molecule has 2 N–H and O–H groups in total. The SMILES string of the molecule is CC(=N)OC(=N)c1cc2c(OCCCN3CCC(c4ccc5c(c4)CCCC5)CC3)cccc2o1. The van der Waals surface area contributed by atoms with Crippen molar-refractivity contribution in [1.29, 1.82) is 10.8 Å². The first kappa shape index (κ1) is 23.6. The molecular formula is C29H35N3O3. The van der Waals surface area contributed by atoms with Gasteiger partial charge in [-0.2, -0.15) is 0 Å². The molecule has 2 heterocycles. The van der Waals surface area contributed by atoms with E-state index in [4.69, 9.17) is 24.7 Å². The van der Waals surface area contributed by atoms with Crippen LogP contribution in [0.4, 0.5) is 0 Å². The van der Waals surface area contributed by atoms with Gasteiger partial charge in [-0.25, -0.2) is 0 Å². The Morgan fingerprint density at radius 3 is 2.63 bits per heavy atom. The van der Waals surface area contributed by atoms with Gasteiger partial charge < -0.3 is 18.8 Å². The Morgan fingerprint density at radius 2 is 1.83 bits per heavy atom. The minimum atomic E-state index is -0.168. The quantitative estimate of drug-likeness (QED) is 0.240. The lowest BCUT2D eigenvalue weighted by molar-refractivity contribution is 0.193. The molecular weight excluding hydrogens is 438 g/mol. The minimum Gasteiger partial charge on any atom is -0.493 e. The number of benzene rings is 2. The van der Waals surface area contributed by atoms with Gasteiger partial charge in [-0.3, -0.25) is 10.8 Å². The second kappa shape index (κ2) is 10.6. The summed E-state index contributed by atoms with van der Waals surface area (Å²) in [4.78, 5) is 2.56. The van der Waals surface area contributed by atoms with Crippen molar-refractivity contribution in [3.8, 4) is 5.75 Å². The first-order valence-electron chi connectivity index (χ1n) is 12.9. The Bertz CT molecular complexity index is 1210. The van der Waals surface area contributed by atoms with Crippen LogP contribution in [0, 0.1) is 10.8 Å². The van der Waals surface area contributed by atoms with Crippen molar-refractivity contribution < 1.29 is 13.9 Å². The van der Waals surface area contributed by atoms with Crippen LogP contribution in [0.15, 0.2) is 46.9 Å². The average molecular weight is 474 g/mol. The van der Waals surface area contributed by atoms with Gasteiger partial charge in [0.1, 0.15) is 11.3 Å². The lowest BCUT2D eigenvalue weighted by Gasteiger charge is -2.32. The van der Waals surface area contributed by atoms with E-state index in [-0.39, 0.29) is 11.8 Å². The van der Waals surface area contributed by atoms with E-state index in [1.54, 1.807) is 22.8 Å². The fourth-order valence-corrected chi connectivity index (χ4v) is 5.44. The molecule has 184 valence electrons. The molecule has 1 fully saturated rings. The van der Waals surface area contributed by atoms with Gasteiger partial charge in [-0.1, -0.05) is 24.3 Å². The molecule has 0 spiro atoms. The number of nitrogens with zero attached hydrogens (tertiary/aromatic N) is 1. The molecule has 0 amide bonds. The van der Waals surface area contributed by atoms with Crippen LogP contribution in [0.3, 0.4) is 0 Å². The fraction of sp³-hybridized carbons (Fsp3) is 0.448. The zero-order valence-electron chi connectivity index (χ0n) is 20.6. The zero-order valence-corrected chi connectivity index (χ0v) is 20.6. The van der Waals surface area contributed by atoms with Gasteiger partial charge in [0, 0.05) is 19.5 Å². The second-order valence-corrected chi connectivity index (χ2v) is 9.82. The van der Waals surface area contributed by atoms with Gasteiger partial charge in [0.2, 0.25) is 0 Å². The number of piperidine rings is 1. The predicted octanol–water partition coefficient (Wildman–Crippen LogP) is 6.30. The third kappa shape index (κ3) is 5.59. The number of ether oxygens (including phenoxy) is 2. The lowest BCUT2D eigenvalue weighted by Crippen LogP contribution is -2.34. The van der Waals surface area contributed by atoms with Crippen LogP contribution >= 0.6 is 0 Å². The Morgan fingerprint density at radius 1 is 1.03 bits per heavy atom. The number of aryl methyl sites for hydroxylation is 2. The molecule has 1 aliphatic carbocycles. The summed E-state index contributed by atoms with van der Waals surface area (Å²) in [6, 6.07) is 14.7. The average Bonchev–Trinajstić information content (AvgIpc) is 3.32. The third-order valence-corrected chi connectivity index (χ3v) is 7.31. The zero-order chi connectivity index (χ0) is 24.2. The number of nitrogens with one attached hydrogen (secondary N) is 2. The van der Waals surface area contributed by atoms with Crippen LogP contribution in [0.5, 0.6) is 5.75 Å². The maximum absolute atomic E-state index is 7.95. The van der Waals surface area contributed by atoms with Gasteiger partial charge in [0.25, 0.3) is 5.90 Å². The van der Waals surface area contributed by atoms with Gasteiger partial charge in [-0.05, 0) is 92.8 Å². The van der Waals surface area contributed by atoms with E-state index in [1.807, 2.05) is 18.2 Å². The number of hydrogen-bond donors (Lipinski definition) is 2. The van der Waals surface area contributed by atoms with E-state index in [2.05, 4.69) is 23.1 Å². The summed E-state index contributed by atoms with van der Waals surface area (Å²) in [5.74, 6) is 1.53. The van der Waals surface area contributed by atoms with Crippen LogP contribution in [-0.2, 0) is 17.6 Å². The van der Waals surface area contributed by atoms with Crippen molar-refractivity contribution in [2.45, 2.75) is 57.8 Å². The Kier molecular flexibility index (Phi) is 7.19. The first-order valence-corrected chi connectivity index (χ1v) is 12.9. The van der Waals surface area contributed by atoms with Crippen LogP contribution in [0.25, 0.3) is 11.0 Å². The van der Waals surface area contributed by atoms with Gasteiger partial charge in [-0.15, -0.1) is 0 Å². The summed E-state index contributed by atoms with van der Waals surface area (Å²) in [5, 5.41) is 16.2. The number of hydrogen-bond acceptors (Lipinski definition) is 6. The summed E-state index contributed by atoms with van der Waals surface area (Å²) in [7, 11) is 0. The molecule has 0 bridgehead atoms. The molecule has 0 atom stereocenters. The van der Waals surface area contributed by atoms with Gasteiger partial charge in [0.15, 0.2) is 11.7 Å². The largest absolute Gasteiger partial charge is 0.493 e. The van der Waals surface area contributed by atoms with Crippen LogP contribution in [0.1, 0.15) is 67.4 Å². The summed E-state index contributed by atoms with van der Waals surface area (Å²) < 4.78 is 16.9. The highest BCUT2D eigenvalue weighted by Crippen LogP contribution is 2.32. The second-order valence-electron chi connectivity index (χ2n) is 9.82. The number of fused-ring (bicyclic) bond motifs is 2. The fourth-order valence-electron chi connectivity index (χ4n) is 5.44. The van der Waals surface area contributed by atoms with Crippen molar-refractivity contribution in [2.24, 2.45) is 0 Å². The summed E-state index contributed by atoms with van der Waals surface area (Å²) in [5.41, 5.74) is 5.38. The molecule has 6 heteroatoms. The highest BCUT2D eigenvalue weighted by molar-refractivity contribution is 6.00. The molecule has 1 aliphatic heterocycles. The van der Waals surface area contributed by atoms with E-state index < -0.39 is 0 Å². The molecule has 2 aromatic carbocycles. The van der Waals surface area contributed by atoms with E-state index in [1.165, 1.54) is 45.4 Å². The van der Waals surface area contributed by atoms with Gasteiger partial charge in [0.05, 0.1) is 12.0 Å². The van der Waals surface area contributed by atoms with E-state index in [0.29, 0.717) is 23.9 Å². The monoisotopic (exact) mass is 473 g/mol.